The van der Waals surface area contributed by atoms with Crippen molar-refractivity contribution in [2.75, 3.05) is 19.6 Å². The Kier molecular flexibility index (Phi) is 6.22. The van der Waals surface area contributed by atoms with Crippen molar-refractivity contribution in [3.05, 3.63) is 17.0 Å². The molecule has 0 amide bonds. The van der Waals surface area contributed by atoms with Gasteiger partial charge in [0.15, 0.2) is 5.96 Å². The van der Waals surface area contributed by atoms with Crippen molar-refractivity contribution in [3.8, 4) is 0 Å². The molecule has 8 heteroatoms. The number of nitrogens with two attached hydrogens (primary N) is 1. The van der Waals surface area contributed by atoms with E-state index in [1.165, 1.54) is 11.3 Å². The van der Waals surface area contributed by atoms with Gasteiger partial charge < -0.3 is 11.1 Å². The lowest BCUT2D eigenvalue weighted by molar-refractivity contribution is 0.347. The monoisotopic (exact) mass is 344 g/mol. The summed E-state index contributed by atoms with van der Waals surface area (Å²) >= 11 is 1.28. The fourth-order valence-electron chi connectivity index (χ4n) is 2.29. The third-order valence-corrected chi connectivity index (χ3v) is 6.94. The highest BCUT2D eigenvalue weighted by Crippen LogP contribution is 2.27. The summed E-state index contributed by atoms with van der Waals surface area (Å²) in [5.74, 6) is 0.399. The Labute approximate surface area is 136 Å². The number of hydrogen-bond donors (Lipinski definition) is 2. The topological polar surface area (TPSA) is 87.8 Å². The van der Waals surface area contributed by atoms with E-state index in [-0.39, 0.29) is 0 Å². The average molecular weight is 345 g/mol. The maximum Gasteiger partial charge on any atom is 0.252 e. The highest BCUT2D eigenvalue weighted by molar-refractivity contribution is 7.91. The molecule has 1 fully saturated rings. The predicted octanol–water partition coefficient (Wildman–Crippen LogP) is 1.74. The number of guanidine groups is 1. The van der Waals surface area contributed by atoms with E-state index in [4.69, 9.17) is 5.73 Å². The SMILES string of the molecule is CCCNC(N)=NCc1ccc(S(=O)(=O)N2CCCCC2)s1. The van der Waals surface area contributed by atoms with Crippen LogP contribution in [-0.2, 0) is 16.6 Å². The third-order valence-electron chi connectivity index (χ3n) is 3.51. The van der Waals surface area contributed by atoms with Gasteiger partial charge in [-0.1, -0.05) is 13.3 Å². The molecule has 0 aromatic carbocycles. The highest BCUT2D eigenvalue weighted by atomic mass is 32.2. The van der Waals surface area contributed by atoms with Gasteiger partial charge in [0.1, 0.15) is 4.21 Å². The lowest BCUT2D eigenvalue weighted by atomic mass is 10.2. The molecule has 1 saturated heterocycles. The lowest BCUT2D eigenvalue weighted by Gasteiger charge is -2.25. The number of sulfonamides is 1. The average Bonchev–Trinajstić information content (AvgIpc) is 3.01. The minimum Gasteiger partial charge on any atom is -0.370 e. The molecule has 0 bridgehead atoms. The first kappa shape index (κ1) is 17.2. The van der Waals surface area contributed by atoms with Crippen LogP contribution in [-0.4, -0.2) is 38.3 Å². The van der Waals surface area contributed by atoms with Crippen molar-refractivity contribution in [3.63, 3.8) is 0 Å². The zero-order chi connectivity index (χ0) is 16.0. The summed E-state index contributed by atoms with van der Waals surface area (Å²) in [6, 6.07) is 3.49. The molecule has 0 atom stereocenters. The number of rotatable bonds is 6. The van der Waals surface area contributed by atoms with E-state index >= 15 is 0 Å². The van der Waals surface area contributed by atoms with Crippen molar-refractivity contribution < 1.29 is 8.42 Å². The van der Waals surface area contributed by atoms with Crippen LogP contribution in [0.4, 0.5) is 0 Å². The van der Waals surface area contributed by atoms with E-state index in [2.05, 4.69) is 17.2 Å². The fraction of sp³-hybridized carbons (Fsp3) is 0.643. The van der Waals surface area contributed by atoms with Crippen LogP contribution in [0, 0.1) is 0 Å². The maximum atomic E-state index is 12.5. The van der Waals surface area contributed by atoms with Gasteiger partial charge in [-0.15, -0.1) is 11.3 Å². The molecule has 3 N–H and O–H groups in total. The molecular weight excluding hydrogens is 320 g/mol. The summed E-state index contributed by atoms with van der Waals surface area (Å²) in [4.78, 5) is 5.12. The van der Waals surface area contributed by atoms with Crippen molar-refractivity contribution in [2.45, 2.75) is 43.4 Å². The van der Waals surface area contributed by atoms with Gasteiger partial charge in [0.25, 0.3) is 10.0 Å². The Morgan fingerprint density at radius 1 is 1.36 bits per heavy atom. The van der Waals surface area contributed by atoms with E-state index in [0.29, 0.717) is 29.8 Å². The van der Waals surface area contributed by atoms with Crippen LogP contribution in [0.1, 0.15) is 37.5 Å². The van der Waals surface area contributed by atoms with E-state index in [1.807, 2.05) is 6.07 Å². The van der Waals surface area contributed by atoms with Gasteiger partial charge >= 0.3 is 0 Å². The van der Waals surface area contributed by atoms with Crippen molar-refractivity contribution in [2.24, 2.45) is 10.7 Å². The fourth-order valence-corrected chi connectivity index (χ4v) is 5.24. The minimum atomic E-state index is -3.34. The molecule has 22 heavy (non-hydrogen) atoms. The number of nitrogens with one attached hydrogen (secondary N) is 1. The van der Waals surface area contributed by atoms with Gasteiger partial charge in [-0.05, 0) is 31.4 Å². The highest BCUT2D eigenvalue weighted by Gasteiger charge is 2.27. The zero-order valence-electron chi connectivity index (χ0n) is 12.9. The van der Waals surface area contributed by atoms with Crippen LogP contribution in [0.2, 0.25) is 0 Å². The van der Waals surface area contributed by atoms with Gasteiger partial charge in [-0.3, -0.25) is 0 Å². The van der Waals surface area contributed by atoms with E-state index in [0.717, 1.165) is 37.1 Å². The molecular formula is C14H24N4O2S2. The normalized spacial score (nSPS) is 17.6. The standard InChI is InChI=1S/C14H24N4O2S2/c1-2-8-16-14(15)17-11-12-6-7-13(21-12)22(19,20)18-9-4-3-5-10-18/h6-7H,2-5,8-11H2,1H3,(H3,15,16,17). The second-order valence-corrected chi connectivity index (χ2v) is 8.65. The number of aliphatic imine (C=N–C) groups is 1. The summed E-state index contributed by atoms with van der Waals surface area (Å²) in [6.45, 7) is 4.50. The number of nitrogens with zero attached hydrogens (tertiary/aromatic N) is 2. The summed E-state index contributed by atoms with van der Waals surface area (Å²) in [5, 5.41) is 3.00. The van der Waals surface area contributed by atoms with Crippen molar-refractivity contribution in [1.82, 2.24) is 9.62 Å². The molecule has 1 aliphatic heterocycles. The van der Waals surface area contributed by atoms with Crippen molar-refractivity contribution >= 4 is 27.3 Å². The summed E-state index contributed by atoms with van der Waals surface area (Å²) in [6.07, 6.45) is 3.98. The molecule has 0 saturated carbocycles. The van der Waals surface area contributed by atoms with Crippen LogP contribution in [0.3, 0.4) is 0 Å². The quantitative estimate of drug-likeness (QED) is 0.608. The van der Waals surface area contributed by atoms with Crippen LogP contribution >= 0.6 is 11.3 Å². The van der Waals surface area contributed by atoms with Gasteiger partial charge in [0, 0.05) is 24.5 Å². The Hall–Kier alpha value is -1.12. The summed E-state index contributed by atoms with van der Waals surface area (Å²) in [7, 11) is -3.34. The molecule has 0 aliphatic carbocycles. The molecule has 2 heterocycles. The molecule has 1 aliphatic rings. The Morgan fingerprint density at radius 3 is 2.77 bits per heavy atom. The first-order valence-corrected chi connectivity index (χ1v) is 9.92. The molecule has 1 aromatic rings. The molecule has 1 aromatic heterocycles. The van der Waals surface area contributed by atoms with E-state index in [9.17, 15) is 8.42 Å². The first-order valence-electron chi connectivity index (χ1n) is 7.66. The zero-order valence-corrected chi connectivity index (χ0v) is 14.5. The molecule has 0 unspecified atom stereocenters. The summed E-state index contributed by atoms with van der Waals surface area (Å²) in [5.41, 5.74) is 5.73. The van der Waals surface area contributed by atoms with Gasteiger partial charge in [-0.25, -0.2) is 13.4 Å². The third kappa shape index (κ3) is 4.44. The Morgan fingerprint density at radius 2 is 2.09 bits per heavy atom. The van der Waals surface area contributed by atoms with Gasteiger partial charge in [0.05, 0.1) is 6.54 Å². The number of thiophene rings is 1. The molecule has 0 radical (unpaired) electrons. The minimum absolute atomic E-state index is 0.399. The smallest absolute Gasteiger partial charge is 0.252 e. The largest absolute Gasteiger partial charge is 0.370 e. The van der Waals surface area contributed by atoms with Gasteiger partial charge in [0.2, 0.25) is 0 Å². The first-order chi connectivity index (χ1) is 10.5. The predicted molar refractivity (Wildman–Crippen MR) is 90.5 cm³/mol. The van der Waals surface area contributed by atoms with Crippen molar-refractivity contribution in [1.29, 1.82) is 0 Å². The molecule has 124 valence electrons. The number of piperidine rings is 1. The van der Waals surface area contributed by atoms with E-state index in [1.54, 1.807) is 10.4 Å². The maximum absolute atomic E-state index is 12.5. The molecule has 6 nitrogen and oxygen atoms in total. The van der Waals surface area contributed by atoms with Crippen LogP contribution in [0.15, 0.2) is 21.3 Å². The van der Waals surface area contributed by atoms with Crippen LogP contribution in [0.5, 0.6) is 0 Å². The second kappa shape index (κ2) is 7.94. The molecule has 2 rings (SSSR count). The number of hydrogen-bond acceptors (Lipinski definition) is 4. The van der Waals surface area contributed by atoms with Crippen LogP contribution in [0.25, 0.3) is 0 Å². The summed E-state index contributed by atoms with van der Waals surface area (Å²) < 4.78 is 27.1. The van der Waals surface area contributed by atoms with Gasteiger partial charge in [-0.2, -0.15) is 4.31 Å². The molecule has 0 spiro atoms. The Balaban J connectivity index is 2.01. The van der Waals surface area contributed by atoms with Crippen LogP contribution < -0.4 is 11.1 Å². The van der Waals surface area contributed by atoms with E-state index < -0.39 is 10.0 Å². The Bertz CT molecular complexity index is 604. The second-order valence-electron chi connectivity index (χ2n) is 5.31. The lowest BCUT2D eigenvalue weighted by Crippen LogP contribution is -2.35.